The van der Waals surface area contributed by atoms with E-state index in [1.165, 1.54) is 27.2 Å². The highest BCUT2D eigenvalue weighted by atomic mass is 14.9. The predicted octanol–water partition coefficient (Wildman–Crippen LogP) is 4.38. The molecule has 18 heavy (non-hydrogen) atoms. The van der Waals surface area contributed by atoms with E-state index < -0.39 is 0 Å². The maximum atomic E-state index is 2.31. The molecule has 2 heterocycles. The molecule has 1 aromatic heterocycles. The molecule has 4 rings (SSSR count). The fourth-order valence-corrected chi connectivity index (χ4v) is 2.73. The highest BCUT2D eigenvalue weighted by molar-refractivity contribution is 6.00. The molecule has 1 nitrogen and oxygen atoms in total. The molecular weight excluding hydrogens is 218 g/mol. The van der Waals surface area contributed by atoms with E-state index in [1.54, 1.807) is 0 Å². The lowest BCUT2D eigenvalue weighted by Gasteiger charge is -2.01. The number of fused-ring (bicyclic) bond motifs is 4. The first-order valence-electron chi connectivity index (χ1n) is 6.27. The second-order valence-electron chi connectivity index (χ2n) is 4.74. The van der Waals surface area contributed by atoms with E-state index in [0.29, 0.717) is 0 Å². The quantitative estimate of drug-likeness (QED) is 0.541. The molecule has 0 amide bonds. The van der Waals surface area contributed by atoms with E-state index in [1.807, 2.05) is 0 Å². The summed E-state index contributed by atoms with van der Waals surface area (Å²) in [5.74, 6) is 0. The lowest BCUT2D eigenvalue weighted by Crippen LogP contribution is -1.90. The fourth-order valence-electron chi connectivity index (χ4n) is 2.73. The summed E-state index contributed by atoms with van der Waals surface area (Å²) in [5, 5.41) is 5.31. The number of hydrogen-bond acceptors (Lipinski definition) is 0. The van der Waals surface area contributed by atoms with Gasteiger partial charge in [0.1, 0.15) is 0 Å². The molecule has 0 N–H and O–H groups in total. The second-order valence-corrected chi connectivity index (χ2v) is 4.74. The molecule has 0 aliphatic carbocycles. The fraction of sp³-hybridized carbons (Fsp3) is 0.0588. The van der Waals surface area contributed by atoms with E-state index in [4.69, 9.17) is 0 Å². The van der Waals surface area contributed by atoms with Gasteiger partial charge in [-0.1, -0.05) is 36.4 Å². The number of benzene rings is 2. The van der Waals surface area contributed by atoms with Crippen molar-refractivity contribution in [3.05, 3.63) is 66.5 Å². The van der Waals surface area contributed by atoms with Crippen molar-refractivity contribution >= 4 is 27.7 Å². The van der Waals surface area contributed by atoms with E-state index >= 15 is 0 Å². The lowest BCUT2D eigenvalue weighted by atomic mass is 10.0. The highest BCUT2D eigenvalue weighted by Crippen LogP contribution is 2.28. The van der Waals surface area contributed by atoms with Gasteiger partial charge in [-0.15, -0.1) is 0 Å². The SMILES string of the molecule is C1=CCc2c3cc4ccccc4cc3cn2C=C1. The third-order valence-electron chi connectivity index (χ3n) is 3.62. The Morgan fingerprint density at radius 2 is 1.72 bits per heavy atom. The Hall–Kier alpha value is -2.28. The molecule has 0 unspecified atom stereocenters. The standard InChI is InChI=1S/C17H13N/c1-2-8-17-16-11-14-7-4-3-6-13(14)10-15(16)12-18(17)9-5-1/h1-7,9-12H,8H2. The Kier molecular flexibility index (Phi) is 1.95. The van der Waals surface area contributed by atoms with Crippen molar-refractivity contribution in [3.63, 3.8) is 0 Å². The van der Waals surface area contributed by atoms with Gasteiger partial charge in [0, 0.05) is 35.3 Å². The topological polar surface area (TPSA) is 4.93 Å². The summed E-state index contributed by atoms with van der Waals surface area (Å²) in [4.78, 5) is 0. The summed E-state index contributed by atoms with van der Waals surface area (Å²) in [6.45, 7) is 0. The Bertz CT molecular complexity index is 803. The van der Waals surface area contributed by atoms with Gasteiger partial charge in [-0.05, 0) is 29.0 Å². The first-order chi connectivity index (χ1) is 8.92. The van der Waals surface area contributed by atoms with Crippen molar-refractivity contribution in [2.75, 3.05) is 0 Å². The van der Waals surface area contributed by atoms with Crippen LogP contribution in [0.15, 0.2) is 60.8 Å². The zero-order valence-electron chi connectivity index (χ0n) is 10.0. The summed E-state index contributed by atoms with van der Waals surface area (Å²) in [6.07, 6.45) is 11.8. The number of allylic oxidation sites excluding steroid dienone is 3. The van der Waals surface area contributed by atoms with E-state index in [-0.39, 0.29) is 0 Å². The van der Waals surface area contributed by atoms with Gasteiger partial charge >= 0.3 is 0 Å². The van der Waals surface area contributed by atoms with Crippen LogP contribution in [0.1, 0.15) is 5.69 Å². The molecule has 0 saturated carbocycles. The zero-order chi connectivity index (χ0) is 11.9. The van der Waals surface area contributed by atoms with Crippen LogP contribution >= 0.6 is 0 Å². The molecule has 0 spiro atoms. The molecule has 1 aliphatic heterocycles. The average molecular weight is 231 g/mol. The molecule has 1 aliphatic rings. The Morgan fingerprint density at radius 3 is 2.61 bits per heavy atom. The molecule has 0 atom stereocenters. The molecule has 0 radical (unpaired) electrons. The molecule has 1 heteroatoms. The first-order valence-corrected chi connectivity index (χ1v) is 6.27. The normalized spacial score (nSPS) is 14.0. The van der Waals surface area contributed by atoms with Crippen LogP contribution < -0.4 is 0 Å². The Balaban J connectivity index is 2.12. The molecular formula is C17H13N. The third-order valence-corrected chi connectivity index (χ3v) is 3.62. The molecule has 0 fully saturated rings. The number of nitrogens with zero attached hydrogens (tertiary/aromatic N) is 1. The summed E-state index contributed by atoms with van der Waals surface area (Å²) in [6, 6.07) is 13.1. The monoisotopic (exact) mass is 231 g/mol. The van der Waals surface area contributed by atoms with Crippen molar-refractivity contribution in [2.45, 2.75) is 6.42 Å². The van der Waals surface area contributed by atoms with E-state index in [9.17, 15) is 0 Å². The maximum absolute atomic E-state index is 2.31. The van der Waals surface area contributed by atoms with Crippen molar-refractivity contribution in [2.24, 2.45) is 0 Å². The van der Waals surface area contributed by atoms with Crippen molar-refractivity contribution in [1.82, 2.24) is 4.57 Å². The van der Waals surface area contributed by atoms with Crippen molar-refractivity contribution in [3.8, 4) is 0 Å². The van der Waals surface area contributed by atoms with Gasteiger partial charge in [0.05, 0.1) is 0 Å². The van der Waals surface area contributed by atoms with Crippen molar-refractivity contribution in [1.29, 1.82) is 0 Å². The minimum Gasteiger partial charge on any atom is -0.326 e. The molecule has 0 saturated heterocycles. The van der Waals surface area contributed by atoms with Crippen LogP contribution in [0.3, 0.4) is 0 Å². The second kappa shape index (κ2) is 3.61. The minimum absolute atomic E-state index is 0.995. The zero-order valence-corrected chi connectivity index (χ0v) is 10.0. The molecule has 3 aromatic rings. The number of hydrogen-bond donors (Lipinski definition) is 0. The van der Waals surface area contributed by atoms with E-state index in [0.717, 1.165) is 6.42 Å². The summed E-state index contributed by atoms with van der Waals surface area (Å²) >= 11 is 0. The van der Waals surface area contributed by atoms with Crippen LogP contribution in [-0.4, -0.2) is 4.57 Å². The number of rotatable bonds is 0. The highest BCUT2D eigenvalue weighted by Gasteiger charge is 2.08. The number of aromatic nitrogens is 1. The van der Waals surface area contributed by atoms with Crippen LogP contribution in [0.5, 0.6) is 0 Å². The average Bonchev–Trinajstić information content (AvgIpc) is 2.59. The smallest absolute Gasteiger partial charge is 0.0337 e. The van der Waals surface area contributed by atoms with Gasteiger partial charge < -0.3 is 4.57 Å². The summed E-state index contributed by atoms with van der Waals surface area (Å²) in [7, 11) is 0. The van der Waals surface area contributed by atoms with Crippen LogP contribution in [0.4, 0.5) is 0 Å². The van der Waals surface area contributed by atoms with Crippen LogP contribution in [0.2, 0.25) is 0 Å². The van der Waals surface area contributed by atoms with Crippen LogP contribution in [0, 0.1) is 0 Å². The molecule has 2 aromatic carbocycles. The Labute approximate surface area is 106 Å². The molecule has 0 bridgehead atoms. The first kappa shape index (κ1) is 9.72. The third kappa shape index (κ3) is 1.34. The lowest BCUT2D eigenvalue weighted by molar-refractivity contribution is 1.05. The van der Waals surface area contributed by atoms with Gasteiger partial charge in [-0.2, -0.15) is 0 Å². The Morgan fingerprint density at radius 1 is 0.889 bits per heavy atom. The van der Waals surface area contributed by atoms with Gasteiger partial charge in [-0.25, -0.2) is 0 Å². The predicted molar refractivity (Wildman–Crippen MR) is 77.6 cm³/mol. The van der Waals surface area contributed by atoms with E-state index in [2.05, 4.69) is 71.6 Å². The van der Waals surface area contributed by atoms with Crippen molar-refractivity contribution < 1.29 is 0 Å². The van der Waals surface area contributed by atoms with Crippen LogP contribution in [0.25, 0.3) is 27.7 Å². The molecule has 86 valence electrons. The van der Waals surface area contributed by atoms with Gasteiger partial charge in [-0.3, -0.25) is 0 Å². The minimum atomic E-state index is 0.995. The van der Waals surface area contributed by atoms with Gasteiger partial charge in [0.2, 0.25) is 0 Å². The maximum Gasteiger partial charge on any atom is 0.0337 e. The summed E-state index contributed by atoms with van der Waals surface area (Å²) < 4.78 is 2.24. The van der Waals surface area contributed by atoms with Gasteiger partial charge in [0.15, 0.2) is 0 Å². The summed E-state index contributed by atoms with van der Waals surface area (Å²) in [5.41, 5.74) is 1.38. The largest absolute Gasteiger partial charge is 0.326 e. The van der Waals surface area contributed by atoms with Gasteiger partial charge in [0.25, 0.3) is 0 Å². The van der Waals surface area contributed by atoms with Crippen LogP contribution in [-0.2, 0) is 6.42 Å².